The highest BCUT2D eigenvalue weighted by Gasteiger charge is 2.37. The Morgan fingerprint density at radius 1 is 1.09 bits per heavy atom. The minimum absolute atomic E-state index is 0.239. The SMILES string of the molecule is CN(C)CC1CN(c2ncc(C(=O)CO)cn2)CCN1S(=O)(=O)c1ccc2ccccc2c1. The number of benzene rings is 2. The van der Waals surface area contributed by atoms with E-state index in [1.165, 1.54) is 12.4 Å². The molecule has 9 nitrogen and oxygen atoms in total. The number of likely N-dealkylation sites (N-methyl/N-ethyl adjacent to an activating group) is 1. The molecular formula is C23H27N5O4S. The fourth-order valence-corrected chi connectivity index (χ4v) is 5.72. The molecule has 0 amide bonds. The third-order valence-corrected chi connectivity index (χ3v) is 7.67. The van der Waals surface area contributed by atoms with Gasteiger partial charge < -0.3 is 14.9 Å². The van der Waals surface area contributed by atoms with Crippen molar-refractivity contribution < 1.29 is 18.3 Å². The molecule has 1 atom stereocenters. The Labute approximate surface area is 193 Å². The second-order valence-electron chi connectivity index (χ2n) is 8.34. The average molecular weight is 470 g/mol. The second-order valence-corrected chi connectivity index (χ2v) is 10.2. The van der Waals surface area contributed by atoms with Crippen LogP contribution in [0.2, 0.25) is 0 Å². The molecule has 1 N–H and O–H groups in total. The molecule has 1 aromatic heterocycles. The van der Waals surface area contributed by atoms with E-state index in [-0.39, 0.29) is 23.0 Å². The van der Waals surface area contributed by atoms with E-state index in [0.717, 1.165) is 10.8 Å². The maximum absolute atomic E-state index is 13.6. The van der Waals surface area contributed by atoms with Gasteiger partial charge in [0.1, 0.15) is 6.61 Å². The van der Waals surface area contributed by atoms with E-state index in [0.29, 0.717) is 25.6 Å². The molecule has 4 rings (SSSR count). The van der Waals surface area contributed by atoms with Gasteiger partial charge in [-0.1, -0.05) is 30.3 Å². The van der Waals surface area contributed by atoms with Crippen LogP contribution in [0.15, 0.2) is 59.8 Å². The number of ketones is 1. The third-order valence-electron chi connectivity index (χ3n) is 5.72. The number of Topliss-reactive ketones (excluding diaryl/α,β-unsaturated/α-hetero) is 1. The lowest BCUT2D eigenvalue weighted by Gasteiger charge is -2.41. The standard InChI is InChI=1S/C23H27N5O4S/c1-26(2)14-20-15-27(23-24-12-19(13-25-23)22(30)16-29)9-10-28(20)33(31,32)21-8-7-17-5-3-4-6-18(17)11-21/h3-8,11-13,20,29H,9-10,14-16H2,1-2H3. The van der Waals surface area contributed by atoms with Crippen LogP contribution in [0.1, 0.15) is 10.4 Å². The van der Waals surface area contributed by atoms with E-state index in [1.807, 2.05) is 54.2 Å². The molecule has 10 heteroatoms. The Bertz CT molecular complexity index is 1250. The molecule has 0 spiro atoms. The molecule has 174 valence electrons. The van der Waals surface area contributed by atoms with E-state index in [4.69, 9.17) is 5.11 Å². The van der Waals surface area contributed by atoms with Crippen molar-refractivity contribution in [1.29, 1.82) is 0 Å². The fraction of sp³-hybridized carbons (Fsp3) is 0.348. The van der Waals surface area contributed by atoms with Crippen molar-refractivity contribution >= 4 is 32.5 Å². The summed E-state index contributed by atoms with van der Waals surface area (Å²) in [4.78, 5) is 24.3. The van der Waals surface area contributed by atoms with Crippen molar-refractivity contribution in [3.63, 3.8) is 0 Å². The number of carbonyl (C=O) groups is 1. The summed E-state index contributed by atoms with van der Waals surface area (Å²) in [6.45, 7) is 1.06. The Hall–Kier alpha value is -2.92. The van der Waals surface area contributed by atoms with Gasteiger partial charge in [0.05, 0.1) is 16.5 Å². The van der Waals surface area contributed by atoms with E-state index < -0.39 is 22.4 Å². The number of rotatable bonds is 7. The molecule has 0 bridgehead atoms. The number of carbonyl (C=O) groups excluding carboxylic acids is 1. The van der Waals surface area contributed by atoms with Crippen LogP contribution in [0.4, 0.5) is 5.95 Å². The van der Waals surface area contributed by atoms with Crippen molar-refractivity contribution in [2.45, 2.75) is 10.9 Å². The lowest BCUT2D eigenvalue weighted by atomic mass is 10.1. The van der Waals surface area contributed by atoms with Crippen molar-refractivity contribution in [1.82, 2.24) is 19.2 Å². The van der Waals surface area contributed by atoms with Crippen molar-refractivity contribution in [2.75, 3.05) is 51.8 Å². The van der Waals surface area contributed by atoms with Crippen LogP contribution < -0.4 is 4.90 Å². The Morgan fingerprint density at radius 2 is 1.79 bits per heavy atom. The van der Waals surface area contributed by atoms with Gasteiger partial charge >= 0.3 is 0 Å². The number of piperazine rings is 1. The van der Waals surface area contributed by atoms with Crippen molar-refractivity contribution in [3.8, 4) is 0 Å². The molecule has 2 heterocycles. The smallest absolute Gasteiger partial charge is 0.243 e. The minimum atomic E-state index is -3.71. The van der Waals surface area contributed by atoms with Gasteiger partial charge in [-0.25, -0.2) is 18.4 Å². The molecule has 1 unspecified atom stereocenters. The highest BCUT2D eigenvalue weighted by Crippen LogP contribution is 2.26. The molecule has 2 aromatic carbocycles. The molecule has 0 radical (unpaired) electrons. The van der Waals surface area contributed by atoms with E-state index in [1.54, 1.807) is 16.4 Å². The highest BCUT2D eigenvalue weighted by molar-refractivity contribution is 7.89. The van der Waals surface area contributed by atoms with Crippen LogP contribution in [-0.4, -0.2) is 91.4 Å². The van der Waals surface area contributed by atoms with Crippen molar-refractivity contribution in [2.24, 2.45) is 0 Å². The maximum Gasteiger partial charge on any atom is 0.243 e. The van der Waals surface area contributed by atoms with Crippen LogP contribution in [0.25, 0.3) is 10.8 Å². The molecule has 1 saturated heterocycles. The number of sulfonamides is 1. The van der Waals surface area contributed by atoms with Crippen LogP contribution >= 0.6 is 0 Å². The van der Waals surface area contributed by atoms with E-state index in [9.17, 15) is 13.2 Å². The molecule has 1 aliphatic heterocycles. The Morgan fingerprint density at radius 3 is 2.45 bits per heavy atom. The molecule has 1 fully saturated rings. The number of fused-ring (bicyclic) bond motifs is 1. The van der Waals surface area contributed by atoms with Crippen LogP contribution in [0.5, 0.6) is 0 Å². The number of anilines is 1. The zero-order valence-electron chi connectivity index (χ0n) is 18.6. The van der Waals surface area contributed by atoms with Crippen LogP contribution in [0, 0.1) is 0 Å². The molecule has 1 aliphatic rings. The summed E-state index contributed by atoms with van der Waals surface area (Å²) in [6.07, 6.45) is 2.78. The molecule has 3 aromatic rings. The minimum Gasteiger partial charge on any atom is -0.388 e. The predicted molar refractivity (Wildman–Crippen MR) is 126 cm³/mol. The lowest BCUT2D eigenvalue weighted by molar-refractivity contribution is 0.0903. The summed E-state index contributed by atoms with van der Waals surface area (Å²) in [5.74, 6) is -0.0191. The average Bonchev–Trinajstić information content (AvgIpc) is 2.82. The number of nitrogens with zero attached hydrogens (tertiary/aromatic N) is 5. The number of aromatic nitrogens is 2. The topological polar surface area (TPSA) is 107 Å². The number of aliphatic hydroxyl groups excluding tert-OH is 1. The zero-order chi connectivity index (χ0) is 23.6. The summed E-state index contributed by atoms with van der Waals surface area (Å²) in [6, 6.07) is 12.6. The largest absolute Gasteiger partial charge is 0.388 e. The summed E-state index contributed by atoms with van der Waals surface area (Å²) in [5, 5.41) is 10.9. The zero-order valence-corrected chi connectivity index (χ0v) is 19.4. The Balaban J connectivity index is 1.60. The van der Waals surface area contributed by atoms with Gasteiger partial charge in [0.2, 0.25) is 16.0 Å². The van der Waals surface area contributed by atoms with E-state index >= 15 is 0 Å². The summed E-state index contributed by atoms with van der Waals surface area (Å²) < 4.78 is 28.8. The maximum atomic E-state index is 13.6. The fourth-order valence-electron chi connectivity index (χ4n) is 4.09. The quantitative estimate of drug-likeness (QED) is 0.515. The first-order chi connectivity index (χ1) is 15.8. The molecular weight excluding hydrogens is 442 g/mol. The first kappa shape index (κ1) is 23.2. The second kappa shape index (κ2) is 9.52. The number of hydrogen-bond acceptors (Lipinski definition) is 8. The summed E-state index contributed by atoms with van der Waals surface area (Å²) >= 11 is 0. The molecule has 0 saturated carbocycles. The normalized spacial score (nSPS) is 17.6. The van der Waals surface area contributed by atoms with Gasteiger partial charge in [0.15, 0.2) is 5.78 Å². The highest BCUT2D eigenvalue weighted by atomic mass is 32.2. The first-order valence-electron chi connectivity index (χ1n) is 10.7. The lowest BCUT2D eigenvalue weighted by Crippen LogP contribution is -2.58. The van der Waals surface area contributed by atoms with Gasteiger partial charge in [-0.05, 0) is 37.0 Å². The van der Waals surface area contributed by atoms with E-state index in [2.05, 4.69) is 9.97 Å². The van der Waals surface area contributed by atoms with Gasteiger partial charge in [0, 0.05) is 38.6 Å². The van der Waals surface area contributed by atoms with Gasteiger partial charge in [-0.15, -0.1) is 0 Å². The molecule has 33 heavy (non-hydrogen) atoms. The first-order valence-corrected chi connectivity index (χ1v) is 12.1. The molecule has 0 aliphatic carbocycles. The van der Waals surface area contributed by atoms with Crippen LogP contribution in [0.3, 0.4) is 0 Å². The van der Waals surface area contributed by atoms with Gasteiger partial charge in [0.25, 0.3) is 0 Å². The number of hydrogen-bond donors (Lipinski definition) is 1. The summed E-state index contributed by atoms with van der Waals surface area (Å²) in [7, 11) is 0.108. The van der Waals surface area contributed by atoms with Gasteiger partial charge in [-0.2, -0.15) is 4.31 Å². The predicted octanol–water partition coefficient (Wildman–Crippen LogP) is 1.25. The monoisotopic (exact) mass is 469 g/mol. The van der Waals surface area contributed by atoms with Crippen LogP contribution in [-0.2, 0) is 10.0 Å². The van der Waals surface area contributed by atoms with Crippen molar-refractivity contribution in [3.05, 3.63) is 60.4 Å². The number of aliphatic hydroxyl groups is 1. The van der Waals surface area contributed by atoms with Gasteiger partial charge in [-0.3, -0.25) is 4.79 Å². The third kappa shape index (κ3) is 4.88. The summed E-state index contributed by atoms with van der Waals surface area (Å²) in [5.41, 5.74) is 0.239. The Kier molecular flexibility index (Phi) is 6.71.